The second-order valence-electron chi connectivity index (χ2n) is 7.48. The lowest BCUT2D eigenvalue weighted by atomic mass is 10.1. The Morgan fingerprint density at radius 1 is 0.972 bits per heavy atom. The number of anilines is 1. The molecule has 0 fully saturated rings. The van der Waals surface area contributed by atoms with Crippen molar-refractivity contribution in [2.45, 2.75) is 4.90 Å². The highest BCUT2D eigenvalue weighted by atomic mass is 32.2. The molecule has 36 heavy (non-hydrogen) atoms. The first kappa shape index (κ1) is 24.1. The maximum absolute atomic E-state index is 12.9. The summed E-state index contributed by atoms with van der Waals surface area (Å²) in [4.78, 5) is 22.8. The molecule has 9 nitrogen and oxygen atoms in total. The zero-order valence-corrected chi connectivity index (χ0v) is 19.3. The molecule has 0 aliphatic rings. The van der Waals surface area contributed by atoms with E-state index in [0.29, 0.717) is 5.69 Å². The molecule has 0 aliphatic carbocycles. The highest BCUT2D eigenvalue weighted by Gasteiger charge is 2.21. The summed E-state index contributed by atoms with van der Waals surface area (Å²) in [6, 6.07) is 25.0. The third kappa shape index (κ3) is 5.22. The van der Waals surface area contributed by atoms with E-state index in [9.17, 15) is 28.6 Å². The minimum atomic E-state index is -4.44. The van der Waals surface area contributed by atoms with Gasteiger partial charge in [0.05, 0.1) is 4.92 Å². The molecule has 0 saturated carbocycles. The van der Waals surface area contributed by atoms with Crippen LogP contribution in [0.3, 0.4) is 0 Å². The molecule has 0 spiro atoms. The first-order chi connectivity index (χ1) is 17.3. The number of carbonyl (C=O) groups excluding carboxylic acids is 1. The molecule has 10 heteroatoms. The Morgan fingerprint density at radius 3 is 2.44 bits per heavy atom. The van der Waals surface area contributed by atoms with Gasteiger partial charge in [0.2, 0.25) is 0 Å². The standard InChI is InChI=1S/C26H17N3O6S/c27-17-20(26(30)28-24-13-5-9-18-7-1-3-12-23(18)24)15-19-8-2-4-14-25(19)35-36(33,34)22-11-6-10-21(16-22)29(31)32/h1-16H,(H,28,30)/b20-15+. The molecule has 4 aromatic rings. The first-order valence-corrected chi connectivity index (χ1v) is 11.9. The van der Waals surface area contributed by atoms with Gasteiger partial charge in [0.25, 0.3) is 11.6 Å². The van der Waals surface area contributed by atoms with Crippen molar-refractivity contribution in [1.82, 2.24) is 0 Å². The molecule has 0 heterocycles. The number of benzene rings is 4. The third-order valence-electron chi connectivity index (χ3n) is 5.14. The van der Waals surface area contributed by atoms with E-state index in [1.807, 2.05) is 36.4 Å². The van der Waals surface area contributed by atoms with Crippen LogP contribution in [0.1, 0.15) is 5.56 Å². The summed E-state index contributed by atoms with van der Waals surface area (Å²) in [5, 5.41) is 25.0. The molecule has 178 valence electrons. The molecule has 1 N–H and O–H groups in total. The van der Waals surface area contributed by atoms with Crippen molar-refractivity contribution in [1.29, 1.82) is 5.26 Å². The average molecular weight is 500 g/mol. The number of hydrogen-bond acceptors (Lipinski definition) is 7. The normalized spacial score (nSPS) is 11.5. The summed E-state index contributed by atoms with van der Waals surface area (Å²) in [6.07, 6.45) is 1.21. The fourth-order valence-corrected chi connectivity index (χ4v) is 4.42. The van der Waals surface area contributed by atoms with Crippen molar-refractivity contribution >= 4 is 44.2 Å². The topological polar surface area (TPSA) is 139 Å². The predicted octanol–water partition coefficient (Wildman–Crippen LogP) is 5.06. The lowest BCUT2D eigenvalue weighted by Crippen LogP contribution is -2.14. The Balaban J connectivity index is 1.64. The maximum atomic E-state index is 12.9. The van der Waals surface area contributed by atoms with Crippen LogP contribution in [0.25, 0.3) is 16.8 Å². The molecule has 1 amide bonds. The summed E-state index contributed by atoms with van der Waals surface area (Å²) in [5.41, 5.74) is -0.0374. The van der Waals surface area contributed by atoms with Crippen LogP contribution < -0.4 is 9.50 Å². The summed E-state index contributed by atoms with van der Waals surface area (Å²) in [7, 11) is -4.44. The highest BCUT2D eigenvalue weighted by Crippen LogP contribution is 2.27. The second kappa shape index (κ2) is 10.1. The molecule has 0 unspecified atom stereocenters. The average Bonchev–Trinajstić information content (AvgIpc) is 2.88. The van der Waals surface area contributed by atoms with E-state index < -0.39 is 31.5 Å². The second-order valence-corrected chi connectivity index (χ2v) is 9.03. The highest BCUT2D eigenvalue weighted by molar-refractivity contribution is 7.87. The lowest BCUT2D eigenvalue weighted by molar-refractivity contribution is -0.385. The van der Waals surface area contributed by atoms with Gasteiger partial charge in [-0.05, 0) is 29.7 Å². The number of nitriles is 1. The Labute approximate surface area is 206 Å². The van der Waals surface area contributed by atoms with Gasteiger partial charge in [0.1, 0.15) is 22.3 Å². The quantitative estimate of drug-likeness (QED) is 0.123. The smallest absolute Gasteiger partial charge is 0.339 e. The SMILES string of the molecule is N#C/C(=C\c1ccccc1OS(=O)(=O)c1cccc([N+](=O)[O-])c1)C(=O)Nc1cccc2ccccc12. The number of nitro groups is 1. The van der Waals surface area contributed by atoms with Gasteiger partial charge in [-0.15, -0.1) is 0 Å². The Bertz CT molecular complexity index is 1670. The van der Waals surface area contributed by atoms with Gasteiger partial charge >= 0.3 is 10.1 Å². The van der Waals surface area contributed by atoms with Gasteiger partial charge < -0.3 is 9.50 Å². The zero-order valence-electron chi connectivity index (χ0n) is 18.5. The number of nitrogens with one attached hydrogen (secondary N) is 1. The molecule has 0 radical (unpaired) electrons. The molecular formula is C26H17N3O6S. The van der Waals surface area contributed by atoms with Crippen LogP contribution in [-0.4, -0.2) is 19.2 Å². The van der Waals surface area contributed by atoms with E-state index in [1.54, 1.807) is 18.2 Å². The van der Waals surface area contributed by atoms with Gasteiger partial charge in [-0.3, -0.25) is 14.9 Å². The number of para-hydroxylation sites is 1. The number of rotatable bonds is 7. The van der Waals surface area contributed by atoms with Gasteiger partial charge in [-0.1, -0.05) is 60.7 Å². The molecule has 0 aliphatic heterocycles. The molecule has 0 aromatic heterocycles. The number of hydrogen-bond donors (Lipinski definition) is 1. The molecule has 4 aromatic carbocycles. The fraction of sp³-hybridized carbons (Fsp3) is 0. The number of fused-ring (bicyclic) bond motifs is 1. The van der Waals surface area contributed by atoms with Crippen molar-refractivity contribution in [3.8, 4) is 11.8 Å². The van der Waals surface area contributed by atoms with E-state index >= 15 is 0 Å². The minimum Gasteiger partial charge on any atom is -0.378 e. The molecule has 0 atom stereocenters. The van der Waals surface area contributed by atoms with Crippen molar-refractivity contribution in [3.63, 3.8) is 0 Å². The number of nitrogens with zero attached hydrogens (tertiary/aromatic N) is 2. The molecule has 4 rings (SSSR count). The van der Waals surface area contributed by atoms with E-state index in [0.717, 1.165) is 22.9 Å². The summed E-state index contributed by atoms with van der Waals surface area (Å²) >= 11 is 0. The summed E-state index contributed by atoms with van der Waals surface area (Å²) < 4.78 is 30.8. The van der Waals surface area contributed by atoms with Gasteiger partial charge in [0.15, 0.2) is 0 Å². The van der Waals surface area contributed by atoms with Crippen molar-refractivity contribution in [2.75, 3.05) is 5.32 Å². The predicted molar refractivity (Wildman–Crippen MR) is 134 cm³/mol. The van der Waals surface area contributed by atoms with Gasteiger partial charge in [-0.2, -0.15) is 13.7 Å². The summed E-state index contributed by atoms with van der Waals surface area (Å²) in [5.74, 6) is -0.847. The number of amides is 1. The van der Waals surface area contributed by atoms with E-state index in [2.05, 4.69) is 5.32 Å². The van der Waals surface area contributed by atoms with E-state index in [1.165, 1.54) is 36.4 Å². The van der Waals surface area contributed by atoms with Crippen molar-refractivity contribution < 1.29 is 22.3 Å². The van der Waals surface area contributed by atoms with Crippen LogP contribution in [0.4, 0.5) is 11.4 Å². The third-order valence-corrected chi connectivity index (χ3v) is 6.37. The van der Waals surface area contributed by atoms with Crippen LogP contribution in [0, 0.1) is 21.4 Å². The molecular weight excluding hydrogens is 482 g/mol. The molecule has 0 saturated heterocycles. The summed E-state index contributed by atoms with van der Waals surface area (Å²) in [6.45, 7) is 0. The molecule has 0 bridgehead atoms. The van der Waals surface area contributed by atoms with Crippen LogP contribution in [0.2, 0.25) is 0 Å². The number of nitro benzene ring substituents is 1. The Morgan fingerprint density at radius 2 is 1.67 bits per heavy atom. The number of non-ortho nitro benzene ring substituents is 1. The van der Waals surface area contributed by atoms with E-state index in [-0.39, 0.29) is 16.9 Å². The fourth-order valence-electron chi connectivity index (χ4n) is 3.42. The monoisotopic (exact) mass is 499 g/mol. The van der Waals surface area contributed by atoms with Crippen LogP contribution >= 0.6 is 0 Å². The van der Waals surface area contributed by atoms with Crippen molar-refractivity contribution in [2.24, 2.45) is 0 Å². The van der Waals surface area contributed by atoms with Gasteiger partial charge in [-0.25, -0.2) is 0 Å². The Kier molecular flexibility index (Phi) is 6.76. The van der Waals surface area contributed by atoms with Crippen LogP contribution in [0.5, 0.6) is 5.75 Å². The van der Waals surface area contributed by atoms with Crippen molar-refractivity contribution in [3.05, 3.63) is 112 Å². The lowest BCUT2D eigenvalue weighted by Gasteiger charge is -2.11. The zero-order chi connectivity index (χ0) is 25.7. The van der Waals surface area contributed by atoms with Gasteiger partial charge in [0, 0.05) is 28.8 Å². The van der Waals surface area contributed by atoms with Crippen LogP contribution in [-0.2, 0) is 14.9 Å². The van der Waals surface area contributed by atoms with Crippen LogP contribution in [0.15, 0.2) is 101 Å². The largest absolute Gasteiger partial charge is 0.378 e. The minimum absolute atomic E-state index is 0.149. The Hall–Kier alpha value is -5.01. The maximum Gasteiger partial charge on any atom is 0.339 e. The number of carbonyl (C=O) groups is 1. The van der Waals surface area contributed by atoms with E-state index in [4.69, 9.17) is 4.18 Å². The first-order valence-electron chi connectivity index (χ1n) is 10.5.